The van der Waals surface area contributed by atoms with Crippen molar-refractivity contribution in [2.24, 2.45) is 0 Å². The zero-order chi connectivity index (χ0) is 10.1. The van der Waals surface area contributed by atoms with Crippen LogP contribution >= 0.6 is 23.4 Å². The first kappa shape index (κ1) is 10.7. The normalized spacial score (nSPS) is 12.0. The van der Waals surface area contributed by atoms with Crippen LogP contribution in [0.3, 0.4) is 0 Å². The third kappa shape index (κ3) is 2.12. The molecule has 0 saturated heterocycles. The maximum atomic E-state index is 11.2. The van der Waals surface area contributed by atoms with Crippen LogP contribution in [0.4, 0.5) is 0 Å². The maximum absolute atomic E-state index is 11.2. The van der Waals surface area contributed by atoms with Crippen molar-refractivity contribution in [2.75, 3.05) is 0 Å². The highest BCUT2D eigenvalue weighted by Gasteiger charge is 2.23. The van der Waals surface area contributed by atoms with Gasteiger partial charge in [0.2, 0.25) is 0 Å². The predicted molar refractivity (Wildman–Crippen MR) is 48.1 cm³/mol. The molecule has 72 valence electrons. The highest BCUT2D eigenvalue weighted by molar-refractivity contribution is 7.90. The van der Waals surface area contributed by atoms with Crippen LogP contribution in [0.15, 0.2) is 29.2 Å². The molecule has 0 bridgehead atoms. The van der Waals surface area contributed by atoms with Crippen LogP contribution in [-0.2, 0) is 10.0 Å². The van der Waals surface area contributed by atoms with E-state index in [1.807, 2.05) is 0 Å². The molecule has 1 rings (SSSR count). The molecule has 0 fully saturated rings. The molecule has 0 spiro atoms. The molecule has 0 aliphatic carbocycles. The predicted octanol–water partition coefficient (Wildman–Crippen LogP) is 1.87. The molecule has 0 amide bonds. The Labute approximate surface area is 85.4 Å². The van der Waals surface area contributed by atoms with E-state index in [9.17, 15) is 8.42 Å². The minimum atomic E-state index is -4.09. The van der Waals surface area contributed by atoms with Gasteiger partial charge in [-0.25, -0.2) is 8.42 Å². The van der Waals surface area contributed by atoms with Crippen molar-refractivity contribution in [1.29, 1.82) is 0 Å². The van der Waals surface area contributed by atoms with E-state index in [0.717, 1.165) is 0 Å². The van der Waals surface area contributed by atoms with Crippen LogP contribution in [0.25, 0.3) is 0 Å². The largest absolute Gasteiger partial charge is 0.285 e. The second-order valence-electron chi connectivity index (χ2n) is 2.13. The summed E-state index contributed by atoms with van der Waals surface area (Å²) in [6.45, 7) is 0. The van der Waals surface area contributed by atoms with Crippen LogP contribution in [0.2, 0.25) is 5.02 Å². The second kappa shape index (κ2) is 3.81. The molecule has 1 N–H and O–H groups in total. The van der Waals surface area contributed by atoms with E-state index in [1.165, 1.54) is 18.2 Å². The monoisotopic (exact) mass is 241 g/mol. The molecular formula is C6H5Cl2NO3S. The minimum Gasteiger partial charge on any atom is -0.285 e. The number of rotatable bonds is 2. The van der Waals surface area contributed by atoms with Gasteiger partial charge in [0.1, 0.15) is 4.90 Å². The standard InChI is InChI=1S/C6H5Cl2NO3S/c7-5-3-1-2-4-6(5)13(11,12)9(8)10/h1-4,10H. The van der Waals surface area contributed by atoms with E-state index in [-0.39, 0.29) is 9.92 Å². The average molecular weight is 242 g/mol. The number of sulfonamides is 1. The van der Waals surface area contributed by atoms with E-state index < -0.39 is 14.0 Å². The molecule has 1 aromatic carbocycles. The van der Waals surface area contributed by atoms with E-state index >= 15 is 0 Å². The van der Waals surface area contributed by atoms with Crippen molar-refractivity contribution < 1.29 is 13.6 Å². The summed E-state index contributed by atoms with van der Waals surface area (Å²) in [5.74, 6) is 0. The van der Waals surface area contributed by atoms with Crippen molar-refractivity contribution in [1.82, 2.24) is 3.99 Å². The Hall–Kier alpha value is -0.330. The third-order valence-corrected chi connectivity index (χ3v) is 3.61. The summed E-state index contributed by atoms with van der Waals surface area (Å²) in [6, 6.07) is 5.66. The van der Waals surface area contributed by atoms with Gasteiger partial charge in [-0.15, -0.1) is 0 Å². The Morgan fingerprint density at radius 1 is 1.31 bits per heavy atom. The fourth-order valence-electron chi connectivity index (χ4n) is 0.735. The highest BCUT2D eigenvalue weighted by Crippen LogP contribution is 2.23. The van der Waals surface area contributed by atoms with Crippen molar-refractivity contribution in [3.63, 3.8) is 0 Å². The number of hydrogen-bond acceptors (Lipinski definition) is 3. The molecule has 0 aliphatic rings. The summed E-state index contributed by atoms with van der Waals surface area (Å²) in [4.78, 5) is -0.242. The van der Waals surface area contributed by atoms with Gasteiger partial charge in [0.25, 0.3) is 10.0 Å². The summed E-state index contributed by atoms with van der Waals surface area (Å²) in [7, 11) is -4.09. The zero-order valence-corrected chi connectivity index (χ0v) is 8.51. The molecule has 0 atom stereocenters. The molecule has 0 saturated carbocycles. The Morgan fingerprint density at radius 2 is 1.85 bits per heavy atom. The van der Waals surface area contributed by atoms with Crippen molar-refractivity contribution in [3.05, 3.63) is 29.3 Å². The molecule has 0 radical (unpaired) electrons. The average Bonchev–Trinajstić information content (AvgIpc) is 2.04. The molecule has 0 heterocycles. The van der Waals surface area contributed by atoms with Crippen LogP contribution in [0.1, 0.15) is 0 Å². The van der Waals surface area contributed by atoms with E-state index in [4.69, 9.17) is 28.6 Å². The first-order valence-electron chi connectivity index (χ1n) is 3.11. The van der Waals surface area contributed by atoms with Gasteiger partial charge < -0.3 is 0 Å². The number of benzene rings is 1. The summed E-state index contributed by atoms with van der Waals surface area (Å²) in [6.07, 6.45) is 0. The lowest BCUT2D eigenvalue weighted by Gasteiger charge is -2.07. The molecule has 0 aliphatic heterocycles. The maximum Gasteiger partial charge on any atom is 0.280 e. The number of nitrogens with zero attached hydrogens (tertiary/aromatic N) is 1. The molecule has 0 aromatic heterocycles. The lowest BCUT2D eigenvalue weighted by molar-refractivity contribution is 0.0988. The van der Waals surface area contributed by atoms with Crippen molar-refractivity contribution in [2.45, 2.75) is 4.90 Å². The van der Waals surface area contributed by atoms with Crippen LogP contribution < -0.4 is 0 Å². The zero-order valence-electron chi connectivity index (χ0n) is 6.18. The van der Waals surface area contributed by atoms with Crippen LogP contribution in [0.5, 0.6) is 0 Å². The minimum absolute atomic E-state index is 0.00204. The smallest absolute Gasteiger partial charge is 0.280 e. The highest BCUT2D eigenvalue weighted by atomic mass is 35.5. The van der Waals surface area contributed by atoms with Gasteiger partial charge in [0.15, 0.2) is 0 Å². The fourth-order valence-corrected chi connectivity index (χ4v) is 2.11. The van der Waals surface area contributed by atoms with Gasteiger partial charge in [-0.3, -0.25) is 5.21 Å². The second-order valence-corrected chi connectivity index (χ2v) is 4.80. The molecule has 7 heteroatoms. The summed E-state index contributed by atoms with van der Waals surface area (Å²) < 4.78 is 22.0. The van der Waals surface area contributed by atoms with Gasteiger partial charge in [-0.05, 0) is 12.1 Å². The Morgan fingerprint density at radius 3 is 2.31 bits per heavy atom. The molecule has 4 nitrogen and oxygen atoms in total. The molecule has 1 aromatic rings. The number of halogens is 2. The Balaban J connectivity index is 3.32. The van der Waals surface area contributed by atoms with E-state index in [2.05, 4.69) is 0 Å². The first-order chi connectivity index (χ1) is 5.96. The summed E-state index contributed by atoms with van der Waals surface area (Å²) in [5.41, 5.74) is 0. The topological polar surface area (TPSA) is 57.6 Å². The fraction of sp³-hybridized carbons (Fsp3) is 0. The number of hydrogen-bond donors (Lipinski definition) is 1. The third-order valence-electron chi connectivity index (χ3n) is 1.31. The molecule has 0 unspecified atom stereocenters. The molecular weight excluding hydrogens is 237 g/mol. The molecule has 13 heavy (non-hydrogen) atoms. The van der Waals surface area contributed by atoms with Crippen molar-refractivity contribution >= 4 is 33.4 Å². The Kier molecular flexibility index (Phi) is 3.15. The van der Waals surface area contributed by atoms with Crippen molar-refractivity contribution in [3.8, 4) is 0 Å². The van der Waals surface area contributed by atoms with Gasteiger partial charge in [0.05, 0.1) is 5.02 Å². The first-order valence-corrected chi connectivity index (χ1v) is 5.26. The van der Waals surface area contributed by atoms with Crippen LogP contribution in [0, 0.1) is 0 Å². The van der Waals surface area contributed by atoms with E-state index in [0.29, 0.717) is 0 Å². The lowest BCUT2D eigenvalue weighted by Crippen LogP contribution is -2.18. The quantitative estimate of drug-likeness (QED) is 0.636. The van der Waals surface area contributed by atoms with Crippen LogP contribution in [-0.4, -0.2) is 17.6 Å². The van der Waals surface area contributed by atoms with Gasteiger partial charge in [-0.1, -0.05) is 23.7 Å². The van der Waals surface area contributed by atoms with E-state index in [1.54, 1.807) is 6.07 Å². The SMILES string of the molecule is O=S(=O)(c1ccccc1Cl)N(O)Cl. The van der Waals surface area contributed by atoms with Gasteiger partial charge in [-0.2, -0.15) is 0 Å². The lowest BCUT2D eigenvalue weighted by atomic mass is 10.4. The summed E-state index contributed by atoms with van der Waals surface area (Å²) >= 11 is 10.5. The van der Waals surface area contributed by atoms with Gasteiger partial charge in [0, 0.05) is 15.8 Å². The summed E-state index contributed by atoms with van der Waals surface area (Å²) in [5, 5.41) is 8.61. The van der Waals surface area contributed by atoms with Gasteiger partial charge >= 0.3 is 0 Å². The Bertz CT molecular complexity index is 404.